The van der Waals surface area contributed by atoms with Gasteiger partial charge < -0.3 is 24.8 Å². The van der Waals surface area contributed by atoms with E-state index >= 15 is 0 Å². The van der Waals surface area contributed by atoms with Crippen molar-refractivity contribution in [2.45, 2.75) is 31.5 Å². The fourth-order valence-electron chi connectivity index (χ4n) is 4.04. The minimum Gasteiger partial charge on any atom is -0.388 e. The Kier molecular flexibility index (Phi) is 5.26. The van der Waals surface area contributed by atoms with Crippen LogP contribution >= 0.6 is 0 Å². The van der Waals surface area contributed by atoms with E-state index in [4.69, 9.17) is 10.00 Å². The molecule has 0 aliphatic carbocycles. The maximum atomic E-state index is 13.4. The number of anilines is 2. The van der Waals surface area contributed by atoms with Crippen LogP contribution in [-0.2, 0) is 4.74 Å². The molecule has 166 valence electrons. The molecule has 4 aromatic rings. The third-order valence-electron chi connectivity index (χ3n) is 5.79. The van der Waals surface area contributed by atoms with Crippen LogP contribution in [0.2, 0.25) is 0 Å². The lowest BCUT2D eigenvalue weighted by atomic mass is 10.0. The molecule has 1 aliphatic heterocycles. The highest BCUT2D eigenvalue weighted by atomic mass is 19.1. The molecule has 0 unspecified atom stereocenters. The highest BCUT2D eigenvalue weighted by Gasteiger charge is 2.42. The Hall–Kier alpha value is -3.84. The maximum absolute atomic E-state index is 13.4. The number of halogens is 1. The van der Waals surface area contributed by atoms with Gasteiger partial charge in [-0.05, 0) is 48.9 Å². The quantitative estimate of drug-likeness (QED) is 0.440. The van der Waals surface area contributed by atoms with Gasteiger partial charge in [0.1, 0.15) is 35.8 Å². The first-order valence-electron chi connectivity index (χ1n) is 10.4. The molecule has 9 heteroatoms. The monoisotopic (exact) mass is 445 g/mol. The van der Waals surface area contributed by atoms with Gasteiger partial charge in [-0.3, -0.25) is 0 Å². The van der Waals surface area contributed by atoms with Crippen LogP contribution in [0.1, 0.15) is 18.7 Å². The van der Waals surface area contributed by atoms with Crippen LogP contribution in [0.15, 0.2) is 61.1 Å². The van der Waals surface area contributed by atoms with Gasteiger partial charge in [0.25, 0.3) is 0 Å². The van der Waals surface area contributed by atoms with Crippen molar-refractivity contribution in [3.63, 3.8) is 0 Å². The number of aromatic nitrogens is 3. The summed E-state index contributed by atoms with van der Waals surface area (Å²) in [5.41, 5.74) is 3.19. The SMILES string of the molecule is C[C@H]1O[C@@H](n2cc(-c3ccc(C#N)cc3)c3c(Nc4ccc(F)cc4)ncnc32)[C@H](O)[C@@H]1O. The summed E-state index contributed by atoms with van der Waals surface area (Å²) in [6, 6.07) is 15.0. The molecule has 2 aromatic carbocycles. The summed E-state index contributed by atoms with van der Waals surface area (Å²) in [5.74, 6) is 0.128. The van der Waals surface area contributed by atoms with Crippen molar-refractivity contribution in [2.75, 3.05) is 5.32 Å². The van der Waals surface area contributed by atoms with E-state index in [9.17, 15) is 14.6 Å². The molecule has 0 saturated carbocycles. The van der Waals surface area contributed by atoms with Crippen molar-refractivity contribution in [3.8, 4) is 17.2 Å². The van der Waals surface area contributed by atoms with Gasteiger partial charge >= 0.3 is 0 Å². The highest BCUT2D eigenvalue weighted by molar-refractivity contribution is 6.02. The normalized spacial score (nSPS) is 22.4. The second-order valence-electron chi connectivity index (χ2n) is 7.90. The molecule has 3 heterocycles. The van der Waals surface area contributed by atoms with Crippen LogP contribution < -0.4 is 5.32 Å². The molecule has 0 spiro atoms. The molecule has 0 bridgehead atoms. The number of nitrogens with one attached hydrogen (secondary N) is 1. The van der Waals surface area contributed by atoms with Gasteiger partial charge in [-0.2, -0.15) is 5.26 Å². The van der Waals surface area contributed by atoms with Crippen molar-refractivity contribution < 1.29 is 19.3 Å². The van der Waals surface area contributed by atoms with E-state index < -0.39 is 24.5 Å². The van der Waals surface area contributed by atoms with Crippen LogP contribution in [0.4, 0.5) is 15.9 Å². The molecule has 1 aliphatic rings. The molecule has 2 aromatic heterocycles. The average Bonchev–Trinajstić information content (AvgIpc) is 3.34. The Labute approximate surface area is 188 Å². The van der Waals surface area contributed by atoms with Crippen LogP contribution in [0, 0.1) is 17.1 Å². The van der Waals surface area contributed by atoms with Gasteiger partial charge in [-0.25, -0.2) is 14.4 Å². The van der Waals surface area contributed by atoms with E-state index in [-0.39, 0.29) is 5.82 Å². The van der Waals surface area contributed by atoms with Gasteiger partial charge in [-0.1, -0.05) is 12.1 Å². The molecular weight excluding hydrogens is 425 g/mol. The lowest BCUT2D eigenvalue weighted by molar-refractivity contribution is -0.0295. The van der Waals surface area contributed by atoms with Crippen molar-refractivity contribution in [3.05, 3.63) is 72.4 Å². The Morgan fingerprint density at radius 3 is 2.42 bits per heavy atom. The second-order valence-corrected chi connectivity index (χ2v) is 7.90. The first-order chi connectivity index (χ1) is 16.0. The summed E-state index contributed by atoms with van der Waals surface area (Å²) in [7, 11) is 0. The first-order valence-corrected chi connectivity index (χ1v) is 10.4. The molecule has 1 saturated heterocycles. The van der Waals surface area contributed by atoms with Gasteiger partial charge in [0.15, 0.2) is 6.23 Å². The lowest BCUT2D eigenvalue weighted by Crippen LogP contribution is -2.30. The van der Waals surface area contributed by atoms with Crippen molar-refractivity contribution in [1.29, 1.82) is 5.26 Å². The fraction of sp³-hybridized carbons (Fsp3) is 0.208. The zero-order chi connectivity index (χ0) is 23.1. The minimum atomic E-state index is -1.15. The Morgan fingerprint density at radius 1 is 1.06 bits per heavy atom. The third-order valence-corrected chi connectivity index (χ3v) is 5.79. The fourth-order valence-corrected chi connectivity index (χ4v) is 4.04. The number of aliphatic hydroxyl groups excluding tert-OH is 2. The Morgan fingerprint density at radius 2 is 1.79 bits per heavy atom. The van der Waals surface area contributed by atoms with E-state index in [0.29, 0.717) is 28.1 Å². The minimum absolute atomic E-state index is 0.349. The average molecular weight is 445 g/mol. The summed E-state index contributed by atoms with van der Waals surface area (Å²) in [6.07, 6.45) is -0.418. The van der Waals surface area contributed by atoms with E-state index in [1.54, 1.807) is 42.0 Å². The number of ether oxygens (including phenoxy) is 1. The molecule has 5 rings (SSSR count). The second kappa shape index (κ2) is 8.26. The molecule has 0 radical (unpaired) electrons. The van der Waals surface area contributed by atoms with Crippen molar-refractivity contribution in [2.24, 2.45) is 0 Å². The molecule has 1 fully saturated rings. The largest absolute Gasteiger partial charge is 0.388 e. The number of benzene rings is 2. The van der Waals surface area contributed by atoms with Crippen LogP contribution in [0.5, 0.6) is 0 Å². The number of fused-ring (bicyclic) bond motifs is 1. The number of nitriles is 1. The third kappa shape index (κ3) is 3.70. The predicted octanol–water partition coefficient (Wildman–Crippen LogP) is 3.49. The first kappa shape index (κ1) is 21.0. The van der Waals surface area contributed by atoms with Gasteiger partial charge in [-0.15, -0.1) is 0 Å². The Bertz CT molecular complexity index is 1350. The predicted molar refractivity (Wildman–Crippen MR) is 119 cm³/mol. The summed E-state index contributed by atoms with van der Waals surface area (Å²) in [5, 5.41) is 33.8. The smallest absolute Gasteiger partial charge is 0.164 e. The highest BCUT2D eigenvalue weighted by Crippen LogP contribution is 2.39. The van der Waals surface area contributed by atoms with Crippen molar-refractivity contribution in [1.82, 2.24) is 14.5 Å². The van der Waals surface area contributed by atoms with Gasteiger partial charge in [0, 0.05) is 17.4 Å². The molecule has 33 heavy (non-hydrogen) atoms. The van der Waals surface area contributed by atoms with E-state index in [2.05, 4.69) is 21.4 Å². The molecular formula is C24H20FN5O3. The van der Waals surface area contributed by atoms with Crippen LogP contribution in [0.3, 0.4) is 0 Å². The molecule has 3 N–H and O–H groups in total. The zero-order valence-electron chi connectivity index (χ0n) is 17.6. The van der Waals surface area contributed by atoms with E-state index in [1.165, 1.54) is 18.5 Å². The number of hydrogen-bond acceptors (Lipinski definition) is 7. The lowest BCUT2D eigenvalue weighted by Gasteiger charge is -2.17. The number of rotatable bonds is 4. The summed E-state index contributed by atoms with van der Waals surface area (Å²) in [6.45, 7) is 1.69. The number of nitrogens with zero attached hydrogens (tertiary/aromatic N) is 4. The molecule has 0 amide bonds. The zero-order valence-corrected chi connectivity index (χ0v) is 17.6. The summed E-state index contributed by atoms with van der Waals surface area (Å²) in [4.78, 5) is 8.83. The van der Waals surface area contributed by atoms with E-state index in [1.807, 2.05) is 12.1 Å². The molecule has 8 nitrogen and oxygen atoms in total. The topological polar surface area (TPSA) is 116 Å². The Balaban J connectivity index is 1.69. The van der Waals surface area contributed by atoms with Gasteiger partial charge in [0.2, 0.25) is 0 Å². The summed E-state index contributed by atoms with van der Waals surface area (Å²) >= 11 is 0. The maximum Gasteiger partial charge on any atom is 0.164 e. The van der Waals surface area contributed by atoms with E-state index in [0.717, 1.165) is 11.1 Å². The van der Waals surface area contributed by atoms with Crippen LogP contribution in [-0.4, -0.2) is 43.1 Å². The number of aliphatic hydroxyl groups is 2. The molecule has 4 atom stereocenters. The van der Waals surface area contributed by atoms with Gasteiger partial charge in [0.05, 0.1) is 23.1 Å². The number of hydrogen-bond donors (Lipinski definition) is 3. The summed E-state index contributed by atoms with van der Waals surface area (Å²) < 4.78 is 20.9. The van der Waals surface area contributed by atoms with Crippen LogP contribution in [0.25, 0.3) is 22.2 Å². The van der Waals surface area contributed by atoms with Crippen molar-refractivity contribution >= 4 is 22.5 Å². The standard InChI is InChI=1S/C24H20FN5O3/c1-13-20(31)21(32)24(33-13)30-11-18(15-4-2-14(10-26)3-5-15)19-22(27-12-28-23(19)30)29-17-8-6-16(25)7-9-17/h2-9,11-13,20-21,24,31-32H,1H3,(H,27,28,29)/t13-,20-,21-,24-/m1/s1.